The minimum atomic E-state index is -0.369. The summed E-state index contributed by atoms with van der Waals surface area (Å²) in [6, 6.07) is 4.21. The third kappa shape index (κ3) is 4.52. The molecule has 2 fully saturated rings. The van der Waals surface area contributed by atoms with E-state index in [9.17, 15) is 4.79 Å². The van der Waals surface area contributed by atoms with E-state index in [1.807, 2.05) is 0 Å². The zero-order valence-corrected chi connectivity index (χ0v) is 17.9. The summed E-state index contributed by atoms with van der Waals surface area (Å²) in [6.45, 7) is 2.20. The summed E-state index contributed by atoms with van der Waals surface area (Å²) >= 11 is 1.72. The molecule has 3 rings (SSSR count). The normalized spacial score (nSPS) is 23.8. The number of esters is 1. The van der Waals surface area contributed by atoms with Crippen LogP contribution in [-0.2, 0) is 14.9 Å². The first kappa shape index (κ1) is 20.2. The van der Waals surface area contributed by atoms with Crippen molar-refractivity contribution in [2.45, 2.75) is 62.9 Å². The fraction of sp³-hybridized carbons (Fsp3) is 0.737. The van der Waals surface area contributed by atoms with Crippen LogP contribution in [0.1, 0.15) is 56.2 Å². The Morgan fingerprint density at radius 2 is 1.79 bits per heavy atom. The number of hydrogen-bond acceptors (Lipinski definition) is 3. The number of carbonyl (C=O) groups excluding carboxylic acids is 1. The van der Waals surface area contributed by atoms with Gasteiger partial charge in [-0.2, -0.15) is 0 Å². The van der Waals surface area contributed by atoms with Crippen LogP contribution in [0.2, 0.25) is 0 Å². The Hall–Kier alpha value is -0.140. The van der Waals surface area contributed by atoms with Gasteiger partial charge in [0.15, 0.2) is 0 Å². The zero-order chi connectivity index (χ0) is 16.3. The molecule has 1 aromatic rings. The largest absolute Gasteiger partial charge is 1.00 e. The van der Waals surface area contributed by atoms with Crippen molar-refractivity contribution < 1.29 is 38.0 Å². The van der Waals surface area contributed by atoms with Crippen molar-refractivity contribution >= 4 is 17.3 Å². The highest BCUT2D eigenvalue weighted by molar-refractivity contribution is 7.10. The summed E-state index contributed by atoms with van der Waals surface area (Å²) in [5, 5.41) is 2.09. The number of thiophene rings is 1. The van der Waals surface area contributed by atoms with Gasteiger partial charge in [0.1, 0.15) is 11.5 Å². The SMILES string of the molecule is C[N+]1(C)CCC(OC(=O)C2(c3cccs3)CCCCCC2)CC1.[I-]. The second-order valence-corrected chi connectivity index (χ2v) is 8.91. The quantitative estimate of drug-likeness (QED) is 0.291. The molecular weight excluding hydrogens is 433 g/mol. The van der Waals surface area contributed by atoms with E-state index in [-0.39, 0.29) is 41.5 Å². The van der Waals surface area contributed by atoms with Gasteiger partial charge in [-0.15, -0.1) is 11.3 Å². The number of carbonyl (C=O) groups is 1. The first-order valence-corrected chi connectivity index (χ1v) is 9.97. The van der Waals surface area contributed by atoms with Crippen molar-refractivity contribution in [1.29, 1.82) is 0 Å². The van der Waals surface area contributed by atoms with E-state index in [1.54, 1.807) is 11.3 Å². The van der Waals surface area contributed by atoms with Crippen molar-refractivity contribution in [1.82, 2.24) is 0 Å². The molecule has 0 unspecified atom stereocenters. The lowest BCUT2D eigenvalue weighted by molar-refractivity contribution is -0.896. The number of halogens is 1. The number of piperidine rings is 1. The molecule has 1 saturated carbocycles. The molecule has 1 aliphatic carbocycles. The molecule has 0 N–H and O–H groups in total. The highest BCUT2D eigenvalue weighted by Crippen LogP contribution is 2.42. The van der Waals surface area contributed by atoms with Gasteiger partial charge in [-0.3, -0.25) is 4.79 Å². The second-order valence-electron chi connectivity index (χ2n) is 7.96. The summed E-state index contributed by atoms with van der Waals surface area (Å²) in [6.07, 6.45) is 8.81. The van der Waals surface area contributed by atoms with Crippen molar-refractivity contribution in [3.63, 3.8) is 0 Å². The van der Waals surface area contributed by atoms with Gasteiger partial charge in [0.25, 0.3) is 0 Å². The highest BCUT2D eigenvalue weighted by atomic mass is 127. The third-order valence-corrected chi connectivity index (χ3v) is 6.80. The lowest BCUT2D eigenvalue weighted by Gasteiger charge is -2.38. The van der Waals surface area contributed by atoms with Crippen molar-refractivity contribution in [3.8, 4) is 0 Å². The van der Waals surface area contributed by atoms with Crippen LogP contribution in [0.25, 0.3) is 0 Å². The summed E-state index contributed by atoms with van der Waals surface area (Å²) in [5.41, 5.74) is -0.369. The second kappa shape index (κ2) is 8.49. The molecule has 0 atom stereocenters. The minimum absolute atomic E-state index is 0. The maximum absolute atomic E-state index is 13.2. The van der Waals surface area contributed by atoms with Crippen LogP contribution in [0.15, 0.2) is 17.5 Å². The fourth-order valence-corrected chi connectivity index (χ4v) is 5.03. The maximum Gasteiger partial charge on any atom is 0.317 e. The molecule has 2 heterocycles. The Balaban J connectivity index is 0.00000208. The Morgan fingerprint density at radius 3 is 2.33 bits per heavy atom. The Morgan fingerprint density at radius 1 is 1.17 bits per heavy atom. The van der Waals surface area contributed by atoms with Crippen LogP contribution in [-0.4, -0.2) is 43.7 Å². The summed E-state index contributed by atoms with van der Waals surface area (Å²) in [4.78, 5) is 14.4. The topological polar surface area (TPSA) is 26.3 Å². The number of hydrogen-bond donors (Lipinski definition) is 0. The monoisotopic (exact) mass is 463 g/mol. The van der Waals surface area contributed by atoms with E-state index in [1.165, 1.54) is 17.7 Å². The first-order valence-electron chi connectivity index (χ1n) is 9.09. The Labute approximate surface area is 167 Å². The van der Waals surface area contributed by atoms with E-state index in [0.717, 1.165) is 56.1 Å². The van der Waals surface area contributed by atoms with E-state index < -0.39 is 0 Å². The van der Waals surface area contributed by atoms with E-state index >= 15 is 0 Å². The third-order valence-electron chi connectivity index (χ3n) is 5.73. The van der Waals surface area contributed by atoms with Gasteiger partial charge in [-0.05, 0) is 24.3 Å². The number of likely N-dealkylation sites (tertiary alicyclic amines) is 1. The molecule has 0 bridgehead atoms. The van der Waals surface area contributed by atoms with E-state index in [2.05, 4.69) is 31.6 Å². The van der Waals surface area contributed by atoms with Crippen molar-refractivity contribution in [2.75, 3.05) is 27.2 Å². The molecule has 1 saturated heterocycles. The Bertz CT molecular complexity index is 511. The first-order chi connectivity index (χ1) is 11.0. The molecule has 0 amide bonds. The number of quaternary nitrogens is 1. The minimum Gasteiger partial charge on any atom is -1.00 e. The van der Waals surface area contributed by atoms with E-state index in [4.69, 9.17) is 4.74 Å². The van der Waals surface area contributed by atoms with Gasteiger partial charge < -0.3 is 33.2 Å². The lowest BCUT2D eigenvalue weighted by Crippen LogP contribution is -3.00. The van der Waals surface area contributed by atoms with Crippen LogP contribution in [0.5, 0.6) is 0 Å². The van der Waals surface area contributed by atoms with Crippen molar-refractivity contribution in [2.24, 2.45) is 0 Å². The molecule has 24 heavy (non-hydrogen) atoms. The van der Waals surface area contributed by atoms with Gasteiger partial charge in [-0.1, -0.05) is 31.7 Å². The number of nitrogens with zero attached hydrogens (tertiary/aromatic N) is 1. The van der Waals surface area contributed by atoms with Crippen molar-refractivity contribution in [3.05, 3.63) is 22.4 Å². The predicted molar refractivity (Wildman–Crippen MR) is 94.7 cm³/mol. The summed E-state index contributed by atoms with van der Waals surface area (Å²) in [5.74, 6) is 0.0547. The molecule has 2 aliphatic rings. The number of rotatable bonds is 3. The lowest BCUT2D eigenvalue weighted by atomic mass is 9.79. The fourth-order valence-electron chi connectivity index (χ4n) is 4.06. The zero-order valence-electron chi connectivity index (χ0n) is 14.9. The smallest absolute Gasteiger partial charge is 0.317 e. The van der Waals surface area contributed by atoms with E-state index in [0.29, 0.717) is 0 Å². The van der Waals surface area contributed by atoms with Crippen LogP contribution in [0.3, 0.4) is 0 Å². The average Bonchev–Trinajstić information content (AvgIpc) is 2.95. The van der Waals surface area contributed by atoms with Crippen LogP contribution in [0, 0.1) is 0 Å². The van der Waals surface area contributed by atoms with Gasteiger partial charge in [0, 0.05) is 17.7 Å². The van der Waals surface area contributed by atoms with Gasteiger partial charge in [0.05, 0.1) is 27.2 Å². The molecule has 0 aromatic carbocycles. The molecule has 136 valence electrons. The summed E-state index contributed by atoms with van der Waals surface area (Å²) < 4.78 is 7.11. The molecule has 0 spiro atoms. The summed E-state index contributed by atoms with van der Waals surface area (Å²) in [7, 11) is 4.52. The standard InChI is InChI=1S/C19H30NO2S.HI/c1-20(2)13-9-16(10-14-20)22-18(21)19(17-8-7-15-23-17)11-5-3-4-6-12-19;/h7-8,15-16H,3-6,9-14H2,1-2H3;1H/q+1;/p-1. The van der Waals surface area contributed by atoms with Crippen LogP contribution < -0.4 is 24.0 Å². The maximum atomic E-state index is 13.2. The van der Waals surface area contributed by atoms with Gasteiger partial charge in [0.2, 0.25) is 0 Å². The molecule has 3 nitrogen and oxygen atoms in total. The number of ether oxygens (including phenoxy) is 1. The molecule has 0 radical (unpaired) electrons. The van der Waals surface area contributed by atoms with Gasteiger partial charge >= 0.3 is 5.97 Å². The predicted octanol–water partition coefficient (Wildman–Crippen LogP) is 1.13. The van der Waals surface area contributed by atoms with Gasteiger partial charge in [-0.25, -0.2) is 0 Å². The Kier molecular flexibility index (Phi) is 7.14. The molecular formula is C19H30INO2S. The molecule has 1 aromatic heterocycles. The highest BCUT2D eigenvalue weighted by Gasteiger charge is 2.44. The average molecular weight is 463 g/mol. The van der Waals surface area contributed by atoms with Crippen LogP contribution >= 0.6 is 11.3 Å². The van der Waals surface area contributed by atoms with Crippen LogP contribution in [0.4, 0.5) is 0 Å². The molecule has 1 aliphatic heterocycles. The molecule has 5 heteroatoms.